The molecular formula is C13H15ClO4S. The second-order valence-electron chi connectivity index (χ2n) is 3.76. The zero-order chi connectivity index (χ0) is 14.3. The molecule has 19 heavy (non-hydrogen) atoms. The van der Waals surface area contributed by atoms with Gasteiger partial charge in [-0.3, -0.25) is 13.8 Å². The highest BCUT2D eigenvalue weighted by molar-refractivity contribution is 7.85. The van der Waals surface area contributed by atoms with E-state index in [1.807, 2.05) is 0 Å². The average molecular weight is 303 g/mol. The van der Waals surface area contributed by atoms with Gasteiger partial charge < -0.3 is 4.74 Å². The number of hydrogen-bond acceptors (Lipinski definition) is 4. The van der Waals surface area contributed by atoms with Crippen LogP contribution in [-0.2, 0) is 25.1 Å². The fourth-order valence-electron chi connectivity index (χ4n) is 1.40. The highest BCUT2D eigenvalue weighted by atomic mass is 35.5. The third-order valence-electron chi connectivity index (χ3n) is 2.29. The monoisotopic (exact) mass is 302 g/mol. The van der Waals surface area contributed by atoms with Crippen molar-refractivity contribution in [2.24, 2.45) is 0 Å². The van der Waals surface area contributed by atoms with Gasteiger partial charge in [0.05, 0.1) is 39.5 Å². The lowest BCUT2D eigenvalue weighted by atomic mass is 10.2. The summed E-state index contributed by atoms with van der Waals surface area (Å²) in [7, 11) is -1.48. The van der Waals surface area contributed by atoms with E-state index in [-0.39, 0.29) is 24.4 Å². The molecule has 0 spiro atoms. The fourth-order valence-corrected chi connectivity index (χ4v) is 2.90. The first kappa shape index (κ1) is 15.9. The predicted octanol–water partition coefficient (Wildman–Crippen LogP) is 2.36. The summed E-state index contributed by atoms with van der Waals surface area (Å²) in [6.07, 6.45) is 0.0570. The number of ether oxygens (including phenoxy) is 1. The van der Waals surface area contributed by atoms with Crippen LogP contribution in [0.1, 0.15) is 19.8 Å². The second-order valence-corrected chi connectivity index (χ2v) is 5.59. The summed E-state index contributed by atoms with van der Waals surface area (Å²) >= 11 is 5.89. The van der Waals surface area contributed by atoms with Gasteiger partial charge in [-0.1, -0.05) is 23.7 Å². The molecule has 6 heteroatoms. The van der Waals surface area contributed by atoms with Crippen molar-refractivity contribution in [1.29, 1.82) is 0 Å². The topological polar surface area (TPSA) is 60.4 Å². The lowest BCUT2D eigenvalue weighted by Crippen LogP contribution is -2.13. The molecule has 0 heterocycles. The Morgan fingerprint density at radius 1 is 1.26 bits per heavy atom. The molecule has 0 aliphatic heterocycles. The van der Waals surface area contributed by atoms with Crippen LogP contribution in [0.2, 0.25) is 5.02 Å². The van der Waals surface area contributed by atoms with E-state index in [4.69, 9.17) is 16.3 Å². The second kappa shape index (κ2) is 8.07. The highest BCUT2D eigenvalue weighted by Gasteiger charge is 2.14. The summed E-state index contributed by atoms with van der Waals surface area (Å²) in [6, 6.07) is 6.68. The van der Waals surface area contributed by atoms with Crippen LogP contribution >= 0.6 is 11.6 Å². The molecule has 0 radical (unpaired) electrons. The standard InChI is InChI=1S/C13H15ClO4S/c1-2-18-13(16)8-7-10(15)9-19(17)12-6-4-3-5-11(12)14/h3-6H,2,7-9H2,1H3. The minimum absolute atomic E-state index is 0.0202. The van der Waals surface area contributed by atoms with E-state index in [9.17, 15) is 13.8 Å². The molecule has 0 fully saturated rings. The molecule has 1 atom stereocenters. The Balaban J connectivity index is 2.47. The van der Waals surface area contributed by atoms with E-state index in [1.54, 1.807) is 31.2 Å². The highest BCUT2D eigenvalue weighted by Crippen LogP contribution is 2.19. The van der Waals surface area contributed by atoms with Gasteiger partial charge in [-0.05, 0) is 19.1 Å². The average Bonchev–Trinajstić information content (AvgIpc) is 2.37. The first-order valence-corrected chi connectivity index (χ1v) is 7.54. The maximum Gasteiger partial charge on any atom is 0.306 e. The molecule has 0 saturated heterocycles. The van der Waals surface area contributed by atoms with Crippen LogP contribution in [0.3, 0.4) is 0 Å². The van der Waals surface area contributed by atoms with Gasteiger partial charge in [0.1, 0.15) is 5.78 Å². The first-order valence-electron chi connectivity index (χ1n) is 5.84. The van der Waals surface area contributed by atoms with Gasteiger partial charge in [-0.2, -0.15) is 0 Å². The molecule has 1 aromatic carbocycles. The van der Waals surface area contributed by atoms with Crippen LogP contribution in [0, 0.1) is 0 Å². The van der Waals surface area contributed by atoms with E-state index in [2.05, 4.69) is 0 Å². The number of benzene rings is 1. The predicted molar refractivity (Wildman–Crippen MR) is 73.6 cm³/mol. The van der Waals surface area contributed by atoms with Crippen molar-refractivity contribution >= 4 is 34.2 Å². The molecule has 1 unspecified atom stereocenters. The van der Waals surface area contributed by atoms with Gasteiger partial charge in [0.25, 0.3) is 0 Å². The molecule has 0 N–H and O–H groups in total. The van der Waals surface area contributed by atoms with E-state index in [0.29, 0.717) is 16.5 Å². The Hall–Kier alpha value is -1.20. The maximum absolute atomic E-state index is 11.9. The van der Waals surface area contributed by atoms with Crippen LogP contribution in [0.15, 0.2) is 29.2 Å². The van der Waals surface area contributed by atoms with Gasteiger partial charge in [-0.25, -0.2) is 0 Å². The van der Waals surface area contributed by atoms with Crippen molar-refractivity contribution in [3.05, 3.63) is 29.3 Å². The number of halogens is 1. The molecule has 0 bridgehead atoms. The third-order valence-corrected chi connectivity index (χ3v) is 4.16. The number of rotatable bonds is 7. The lowest BCUT2D eigenvalue weighted by molar-refractivity contribution is -0.144. The van der Waals surface area contributed by atoms with Gasteiger partial charge in [0, 0.05) is 6.42 Å². The molecule has 0 aliphatic rings. The zero-order valence-corrected chi connectivity index (χ0v) is 12.1. The number of carbonyl (C=O) groups excluding carboxylic acids is 2. The minimum atomic E-state index is -1.48. The van der Waals surface area contributed by atoms with Gasteiger partial charge in [0.15, 0.2) is 0 Å². The normalized spacial score (nSPS) is 11.9. The first-order chi connectivity index (χ1) is 9.04. The number of hydrogen-bond donors (Lipinski definition) is 0. The Morgan fingerprint density at radius 2 is 1.95 bits per heavy atom. The molecule has 1 aromatic rings. The number of carbonyl (C=O) groups is 2. The van der Waals surface area contributed by atoms with Gasteiger partial charge in [0.2, 0.25) is 0 Å². The van der Waals surface area contributed by atoms with Crippen LogP contribution < -0.4 is 0 Å². The molecule has 0 saturated carbocycles. The molecule has 0 aliphatic carbocycles. The molecule has 104 valence electrons. The van der Waals surface area contributed by atoms with E-state index >= 15 is 0 Å². The number of ketones is 1. The van der Waals surface area contributed by atoms with Gasteiger partial charge in [-0.15, -0.1) is 0 Å². The maximum atomic E-state index is 11.9. The smallest absolute Gasteiger partial charge is 0.306 e. The van der Waals surface area contributed by atoms with E-state index in [1.165, 1.54) is 0 Å². The Morgan fingerprint density at radius 3 is 2.58 bits per heavy atom. The lowest BCUT2D eigenvalue weighted by Gasteiger charge is -2.04. The van der Waals surface area contributed by atoms with Crippen molar-refractivity contribution in [3.8, 4) is 0 Å². The molecular weight excluding hydrogens is 288 g/mol. The largest absolute Gasteiger partial charge is 0.466 e. The zero-order valence-electron chi connectivity index (χ0n) is 10.6. The van der Waals surface area contributed by atoms with Crippen LogP contribution in [0.4, 0.5) is 0 Å². The summed E-state index contributed by atoms with van der Waals surface area (Å²) in [5.41, 5.74) is 0. The van der Waals surface area contributed by atoms with Crippen molar-refractivity contribution in [2.45, 2.75) is 24.7 Å². The molecule has 0 amide bonds. The van der Waals surface area contributed by atoms with Crippen LogP contribution in [0.5, 0.6) is 0 Å². The minimum Gasteiger partial charge on any atom is -0.466 e. The van der Waals surface area contributed by atoms with Crippen molar-refractivity contribution in [2.75, 3.05) is 12.4 Å². The summed E-state index contributed by atoms with van der Waals surface area (Å²) in [4.78, 5) is 23.1. The quantitative estimate of drug-likeness (QED) is 0.726. The molecule has 4 nitrogen and oxygen atoms in total. The van der Waals surface area contributed by atoms with Crippen molar-refractivity contribution < 1.29 is 18.5 Å². The number of Topliss-reactive ketones (excluding diaryl/α,β-unsaturated/α-hetero) is 1. The third kappa shape index (κ3) is 5.53. The van der Waals surface area contributed by atoms with Crippen LogP contribution in [0.25, 0.3) is 0 Å². The molecule has 1 rings (SSSR count). The summed E-state index contributed by atoms with van der Waals surface area (Å²) < 4.78 is 16.6. The van der Waals surface area contributed by atoms with E-state index in [0.717, 1.165) is 0 Å². The summed E-state index contributed by atoms with van der Waals surface area (Å²) in [6.45, 7) is 1.99. The number of esters is 1. The van der Waals surface area contributed by atoms with Crippen molar-refractivity contribution in [1.82, 2.24) is 0 Å². The Bertz CT molecular complexity index is 487. The van der Waals surface area contributed by atoms with Crippen LogP contribution in [-0.4, -0.2) is 28.3 Å². The summed E-state index contributed by atoms with van der Waals surface area (Å²) in [5, 5.41) is 0.374. The Kier molecular flexibility index (Phi) is 6.73. The Labute approximate surface area is 119 Å². The SMILES string of the molecule is CCOC(=O)CCC(=O)CS(=O)c1ccccc1Cl. The fraction of sp³-hybridized carbons (Fsp3) is 0.385. The van der Waals surface area contributed by atoms with E-state index < -0.39 is 16.8 Å². The van der Waals surface area contributed by atoms with Gasteiger partial charge >= 0.3 is 5.97 Å². The summed E-state index contributed by atoms with van der Waals surface area (Å²) in [5.74, 6) is -0.797. The molecule has 0 aromatic heterocycles. The van der Waals surface area contributed by atoms with Crippen molar-refractivity contribution in [3.63, 3.8) is 0 Å².